The van der Waals surface area contributed by atoms with Crippen LogP contribution in [0.3, 0.4) is 0 Å². The summed E-state index contributed by atoms with van der Waals surface area (Å²) >= 11 is 6.05. The quantitative estimate of drug-likeness (QED) is 0.813. The Morgan fingerprint density at radius 2 is 2.00 bits per heavy atom. The molecule has 102 valence electrons. The second kappa shape index (κ2) is 5.53. The van der Waals surface area contributed by atoms with Gasteiger partial charge < -0.3 is 4.42 Å². The number of hydrogen-bond donors (Lipinski definition) is 0. The summed E-state index contributed by atoms with van der Waals surface area (Å²) in [6.07, 6.45) is 2.16. The Hall–Kier alpha value is -2.03. The maximum atomic E-state index is 11.3. The number of halogens is 1. The molecule has 20 heavy (non-hydrogen) atoms. The molecule has 1 aromatic heterocycles. The zero-order valence-electron chi connectivity index (χ0n) is 10.5. The topological polar surface area (TPSA) is 71.1 Å². The third-order valence-electron chi connectivity index (χ3n) is 2.55. The highest BCUT2D eigenvalue weighted by atomic mass is 35.5. The molecule has 0 N–H and O–H groups in total. The van der Waals surface area contributed by atoms with E-state index in [1.165, 1.54) is 6.08 Å². The van der Waals surface area contributed by atoms with Gasteiger partial charge in [-0.1, -0.05) is 23.7 Å². The Kier molecular flexibility index (Phi) is 3.98. The molecule has 0 amide bonds. The first-order valence-electron chi connectivity index (χ1n) is 5.58. The highest BCUT2D eigenvalue weighted by Gasteiger charge is 2.13. The summed E-state index contributed by atoms with van der Waals surface area (Å²) in [7, 11) is -3.56. The predicted octanol–water partition coefficient (Wildman–Crippen LogP) is 3.51. The van der Waals surface area contributed by atoms with Gasteiger partial charge in [-0.05, 0) is 24.3 Å². The maximum absolute atomic E-state index is 11.3. The van der Waals surface area contributed by atoms with Crippen LogP contribution in [0, 0.1) is 11.3 Å². The minimum Gasteiger partial charge on any atom is -0.457 e. The summed E-state index contributed by atoms with van der Waals surface area (Å²) in [5, 5.41) is 9.36. The third-order valence-corrected chi connectivity index (χ3v) is 3.89. The van der Waals surface area contributed by atoms with Crippen molar-refractivity contribution >= 4 is 27.5 Å². The van der Waals surface area contributed by atoms with Crippen molar-refractivity contribution in [2.75, 3.05) is 6.26 Å². The zero-order valence-corrected chi connectivity index (χ0v) is 12.1. The molecule has 0 fully saturated rings. The van der Waals surface area contributed by atoms with E-state index in [1.54, 1.807) is 36.4 Å². The van der Waals surface area contributed by atoms with Crippen molar-refractivity contribution in [1.82, 2.24) is 0 Å². The van der Waals surface area contributed by atoms with Crippen molar-refractivity contribution in [3.8, 4) is 17.4 Å². The summed E-state index contributed by atoms with van der Waals surface area (Å²) in [5.41, 5.74) is 0.701. The molecule has 0 radical (unpaired) electrons. The van der Waals surface area contributed by atoms with Crippen LogP contribution < -0.4 is 0 Å². The van der Waals surface area contributed by atoms with E-state index < -0.39 is 9.84 Å². The molecular weight excluding hydrogens is 298 g/mol. The van der Waals surface area contributed by atoms with Crippen LogP contribution in [-0.4, -0.2) is 14.7 Å². The smallest absolute Gasteiger partial charge is 0.185 e. The van der Waals surface area contributed by atoms with Crippen LogP contribution in [0.4, 0.5) is 0 Å². The number of nitriles is 1. The van der Waals surface area contributed by atoms with Crippen LogP contribution in [0.15, 0.2) is 45.7 Å². The Morgan fingerprint density at radius 1 is 1.30 bits per heavy atom. The molecular formula is C14H10ClNO3S. The molecule has 4 nitrogen and oxygen atoms in total. The Morgan fingerprint density at radius 3 is 2.60 bits per heavy atom. The molecule has 0 aliphatic heterocycles. The van der Waals surface area contributed by atoms with Gasteiger partial charge in [0.15, 0.2) is 9.84 Å². The first-order chi connectivity index (χ1) is 9.41. The molecule has 0 atom stereocenters. The van der Waals surface area contributed by atoms with E-state index in [1.807, 2.05) is 6.07 Å². The molecule has 2 rings (SSSR count). The van der Waals surface area contributed by atoms with Crippen molar-refractivity contribution in [3.05, 3.63) is 52.1 Å². The molecule has 0 saturated carbocycles. The van der Waals surface area contributed by atoms with Gasteiger partial charge in [-0.15, -0.1) is 0 Å². The number of sulfone groups is 1. The number of hydrogen-bond acceptors (Lipinski definition) is 4. The van der Waals surface area contributed by atoms with Gasteiger partial charge in [-0.3, -0.25) is 0 Å². The molecule has 0 unspecified atom stereocenters. The fraction of sp³-hybridized carbons (Fsp3) is 0.0714. The van der Waals surface area contributed by atoms with E-state index in [4.69, 9.17) is 21.3 Å². The molecule has 1 heterocycles. The van der Waals surface area contributed by atoms with Crippen molar-refractivity contribution in [2.45, 2.75) is 0 Å². The number of nitrogens with zero attached hydrogens (tertiary/aromatic N) is 1. The third kappa shape index (κ3) is 3.10. The summed E-state index contributed by atoms with van der Waals surface area (Å²) in [4.78, 5) is -0.349. The van der Waals surface area contributed by atoms with Gasteiger partial charge >= 0.3 is 0 Å². The van der Waals surface area contributed by atoms with Gasteiger partial charge in [-0.2, -0.15) is 5.26 Å². The monoisotopic (exact) mass is 307 g/mol. The van der Waals surface area contributed by atoms with Gasteiger partial charge in [0.05, 0.1) is 5.02 Å². The normalized spacial score (nSPS) is 12.2. The average Bonchev–Trinajstić information content (AvgIpc) is 2.83. The highest BCUT2D eigenvalue weighted by molar-refractivity contribution is 7.95. The molecule has 0 saturated heterocycles. The van der Waals surface area contributed by atoms with Gasteiger partial charge in [0.25, 0.3) is 0 Å². The molecule has 6 heteroatoms. The summed E-state index contributed by atoms with van der Waals surface area (Å²) in [6.45, 7) is 0. The first kappa shape index (κ1) is 14.4. The van der Waals surface area contributed by atoms with Gasteiger partial charge in [0.2, 0.25) is 0 Å². The van der Waals surface area contributed by atoms with Crippen molar-refractivity contribution < 1.29 is 12.8 Å². The van der Waals surface area contributed by atoms with Crippen molar-refractivity contribution in [3.63, 3.8) is 0 Å². The number of rotatable bonds is 3. The van der Waals surface area contributed by atoms with Gasteiger partial charge in [0, 0.05) is 17.9 Å². The molecule has 0 bridgehead atoms. The SMILES string of the molecule is CS(=O)(=O)/C(C#N)=C/c1ccc(-c2ccccc2Cl)o1. The number of furan rings is 1. The molecule has 1 aromatic carbocycles. The van der Waals surface area contributed by atoms with E-state index in [2.05, 4.69) is 0 Å². The van der Waals surface area contributed by atoms with Crippen molar-refractivity contribution in [2.24, 2.45) is 0 Å². The van der Waals surface area contributed by atoms with Crippen LogP contribution in [0.25, 0.3) is 17.4 Å². The minimum absolute atomic E-state index is 0.280. The lowest BCUT2D eigenvalue weighted by Gasteiger charge is -1.99. The first-order valence-corrected chi connectivity index (χ1v) is 7.85. The predicted molar refractivity (Wildman–Crippen MR) is 77.6 cm³/mol. The second-order valence-corrected chi connectivity index (χ2v) is 6.47. The lowest BCUT2D eigenvalue weighted by molar-refractivity contribution is 0.571. The van der Waals surface area contributed by atoms with E-state index in [9.17, 15) is 8.42 Å². The molecule has 0 spiro atoms. The fourth-order valence-electron chi connectivity index (χ4n) is 1.59. The van der Waals surface area contributed by atoms with Crippen LogP contribution >= 0.6 is 11.6 Å². The zero-order chi connectivity index (χ0) is 14.8. The van der Waals surface area contributed by atoms with E-state index in [0.29, 0.717) is 16.3 Å². The van der Waals surface area contributed by atoms with Crippen LogP contribution in [0.1, 0.15) is 5.76 Å². The van der Waals surface area contributed by atoms with E-state index in [-0.39, 0.29) is 10.7 Å². The van der Waals surface area contributed by atoms with Crippen LogP contribution in [-0.2, 0) is 9.84 Å². The summed E-state index contributed by atoms with van der Waals surface area (Å²) < 4.78 is 28.2. The lowest BCUT2D eigenvalue weighted by atomic mass is 10.2. The largest absolute Gasteiger partial charge is 0.457 e. The number of benzene rings is 1. The van der Waals surface area contributed by atoms with Crippen LogP contribution in [0.5, 0.6) is 0 Å². The van der Waals surface area contributed by atoms with Gasteiger partial charge in [0.1, 0.15) is 22.5 Å². The van der Waals surface area contributed by atoms with Gasteiger partial charge in [-0.25, -0.2) is 8.42 Å². The standard InChI is InChI=1S/C14H10ClNO3S/c1-20(17,18)11(9-16)8-10-6-7-14(19-10)12-4-2-3-5-13(12)15/h2-8H,1H3/b11-8+. The lowest BCUT2D eigenvalue weighted by Crippen LogP contribution is -1.97. The highest BCUT2D eigenvalue weighted by Crippen LogP contribution is 2.29. The molecule has 2 aromatic rings. The molecule has 0 aliphatic carbocycles. The average molecular weight is 308 g/mol. The van der Waals surface area contributed by atoms with E-state index in [0.717, 1.165) is 6.26 Å². The Labute approximate surface area is 121 Å². The Balaban J connectivity index is 2.43. The Bertz CT molecular complexity index is 813. The molecule has 0 aliphatic rings. The van der Waals surface area contributed by atoms with Crippen molar-refractivity contribution in [1.29, 1.82) is 5.26 Å². The fourth-order valence-corrected chi connectivity index (χ4v) is 2.31. The van der Waals surface area contributed by atoms with Crippen LogP contribution in [0.2, 0.25) is 5.02 Å². The minimum atomic E-state index is -3.56. The summed E-state index contributed by atoms with van der Waals surface area (Å²) in [6, 6.07) is 12.0. The van der Waals surface area contributed by atoms with E-state index >= 15 is 0 Å². The second-order valence-electron chi connectivity index (χ2n) is 4.07. The number of allylic oxidation sites excluding steroid dienone is 1. The maximum Gasteiger partial charge on any atom is 0.185 e. The summed E-state index contributed by atoms with van der Waals surface area (Å²) in [5.74, 6) is 0.787.